The first-order chi connectivity index (χ1) is 8.58. The van der Waals surface area contributed by atoms with Gasteiger partial charge in [0.1, 0.15) is 5.75 Å². The topological polar surface area (TPSA) is 26.7 Å². The van der Waals surface area contributed by atoms with Crippen LogP contribution in [0.15, 0.2) is 24.3 Å². The van der Waals surface area contributed by atoms with Crippen molar-refractivity contribution in [2.75, 3.05) is 27.2 Å². The fraction of sp³-hybridized carbons (Fsp3) is 0.600. The molecule has 1 heterocycles. The second kappa shape index (κ2) is 5.72. The molecule has 1 fully saturated rings. The molecule has 0 amide bonds. The number of likely N-dealkylation sites (tertiary alicyclic amines) is 1. The Morgan fingerprint density at radius 3 is 2.83 bits per heavy atom. The number of aromatic hydroxyl groups is 1. The first-order valence-corrected chi connectivity index (χ1v) is 6.77. The van der Waals surface area contributed by atoms with Gasteiger partial charge in [-0.05, 0) is 58.1 Å². The summed E-state index contributed by atoms with van der Waals surface area (Å²) in [5.41, 5.74) is 1.20. The number of likely N-dealkylation sites (N-methyl/N-ethyl adjacent to an activating group) is 1. The lowest BCUT2D eigenvalue weighted by Gasteiger charge is -2.39. The number of phenolic OH excluding ortho intramolecular Hbond substituents is 1. The van der Waals surface area contributed by atoms with Crippen LogP contribution in [0.1, 0.15) is 31.4 Å². The fourth-order valence-electron chi connectivity index (χ4n) is 2.75. The minimum atomic E-state index is 0.362. The van der Waals surface area contributed by atoms with Crippen LogP contribution in [0.2, 0.25) is 0 Å². The number of hydrogen-bond donors (Lipinski definition) is 1. The van der Waals surface area contributed by atoms with Crippen molar-refractivity contribution >= 4 is 0 Å². The summed E-state index contributed by atoms with van der Waals surface area (Å²) in [5.74, 6) is 0.362. The monoisotopic (exact) mass is 248 g/mol. The molecule has 0 radical (unpaired) electrons. The van der Waals surface area contributed by atoms with Gasteiger partial charge in [-0.2, -0.15) is 0 Å². The van der Waals surface area contributed by atoms with Gasteiger partial charge in [0.2, 0.25) is 0 Å². The molecule has 1 aliphatic rings. The van der Waals surface area contributed by atoms with E-state index < -0.39 is 0 Å². The Balaban J connectivity index is 2.06. The van der Waals surface area contributed by atoms with Crippen LogP contribution in [0.5, 0.6) is 5.75 Å². The van der Waals surface area contributed by atoms with E-state index in [-0.39, 0.29) is 0 Å². The Morgan fingerprint density at radius 1 is 1.39 bits per heavy atom. The molecule has 0 spiro atoms. The molecule has 0 aromatic heterocycles. The summed E-state index contributed by atoms with van der Waals surface area (Å²) in [4.78, 5) is 4.84. The van der Waals surface area contributed by atoms with Crippen LogP contribution in [0.25, 0.3) is 0 Å². The molecule has 1 saturated heterocycles. The van der Waals surface area contributed by atoms with Gasteiger partial charge in [0.15, 0.2) is 0 Å². The number of phenols is 1. The van der Waals surface area contributed by atoms with Gasteiger partial charge in [0.05, 0.1) is 0 Å². The van der Waals surface area contributed by atoms with E-state index in [0.29, 0.717) is 17.8 Å². The van der Waals surface area contributed by atoms with Crippen LogP contribution in [0, 0.1) is 0 Å². The van der Waals surface area contributed by atoms with Gasteiger partial charge in [0, 0.05) is 18.6 Å². The summed E-state index contributed by atoms with van der Waals surface area (Å²) < 4.78 is 0. The van der Waals surface area contributed by atoms with E-state index in [1.807, 2.05) is 12.1 Å². The summed E-state index contributed by atoms with van der Waals surface area (Å²) >= 11 is 0. The number of nitrogens with zero attached hydrogens (tertiary/aromatic N) is 2. The highest BCUT2D eigenvalue weighted by atomic mass is 16.3. The van der Waals surface area contributed by atoms with E-state index in [0.717, 1.165) is 13.1 Å². The van der Waals surface area contributed by atoms with Crippen molar-refractivity contribution in [2.45, 2.75) is 31.8 Å². The van der Waals surface area contributed by atoms with Crippen molar-refractivity contribution < 1.29 is 5.11 Å². The van der Waals surface area contributed by atoms with E-state index in [9.17, 15) is 5.11 Å². The summed E-state index contributed by atoms with van der Waals surface area (Å²) in [7, 11) is 4.32. The van der Waals surface area contributed by atoms with Gasteiger partial charge in [-0.15, -0.1) is 0 Å². The average molecular weight is 248 g/mol. The minimum Gasteiger partial charge on any atom is -0.508 e. The van der Waals surface area contributed by atoms with Gasteiger partial charge < -0.3 is 10.0 Å². The highest BCUT2D eigenvalue weighted by molar-refractivity contribution is 5.29. The second-order valence-electron chi connectivity index (χ2n) is 5.53. The van der Waals surface area contributed by atoms with Crippen LogP contribution in [-0.2, 0) is 0 Å². The van der Waals surface area contributed by atoms with Crippen LogP contribution in [0.4, 0.5) is 0 Å². The lowest BCUT2D eigenvalue weighted by atomic mass is 10.00. The molecule has 1 aliphatic heterocycles. The number of piperidine rings is 1. The minimum absolute atomic E-state index is 0.362. The Labute approximate surface area is 110 Å². The molecular formula is C15H24N2O. The van der Waals surface area contributed by atoms with Crippen molar-refractivity contribution in [1.82, 2.24) is 9.80 Å². The predicted octanol–water partition coefficient (Wildman–Crippen LogP) is 2.48. The third-order valence-corrected chi connectivity index (χ3v) is 4.06. The fourth-order valence-corrected chi connectivity index (χ4v) is 2.75. The normalized spacial score (nSPS) is 23.2. The van der Waals surface area contributed by atoms with Gasteiger partial charge >= 0.3 is 0 Å². The quantitative estimate of drug-likeness (QED) is 0.890. The van der Waals surface area contributed by atoms with Gasteiger partial charge in [-0.3, -0.25) is 4.90 Å². The van der Waals surface area contributed by atoms with Crippen LogP contribution in [0.3, 0.4) is 0 Å². The van der Waals surface area contributed by atoms with Crippen LogP contribution < -0.4 is 0 Å². The summed E-state index contributed by atoms with van der Waals surface area (Å²) in [6.45, 7) is 4.50. The molecule has 2 atom stereocenters. The lowest BCUT2D eigenvalue weighted by Crippen LogP contribution is -2.45. The molecule has 100 valence electrons. The molecule has 0 aliphatic carbocycles. The average Bonchev–Trinajstić information content (AvgIpc) is 2.38. The van der Waals surface area contributed by atoms with E-state index in [4.69, 9.17) is 0 Å². The first-order valence-electron chi connectivity index (χ1n) is 6.77. The maximum atomic E-state index is 9.57. The van der Waals surface area contributed by atoms with Crippen molar-refractivity contribution in [3.63, 3.8) is 0 Å². The Morgan fingerprint density at radius 2 is 2.17 bits per heavy atom. The molecular weight excluding hydrogens is 224 g/mol. The van der Waals surface area contributed by atoms with Gasteiger partial charge in [0.25, 0.3) is 0 Å². The van der Waals surface area contributed by atoms with Crippen molar-refractivity contribution in [3.05, 3.63) is 29.8 Å². The van der Waals surface area contributed by atoms with E-state index in [1.165, 1.54) is 18.4 Å². The van der Waals surface area contributed by atoms with E-state index in [2.05, 4.69) is 36.9 Å². The Hall–Kier alpha value is -1.06. The van der Waals surface area contributed by atoms with Crippen molar-refractivity contribution in [1.29, 1.82) is 0 Å². The molecule has 1 N–H and O–H groups in total. The molecule has 0 bridgehead atoms. The molecule has 2 unspecified atom stereocenters. The zero-order chi connectivity index (χ0) is 13.1. The van der Waals surface area contributed by atoms with E-state index >= 15 is 0 Å². The Kier molecular flexibility index (Phi) is 4.25. The maximum Gasteiger partial charge on any atom is 0.115 e. The standard InChI is InChI=1S/C15H24N2O/c1-12(13-6-4-8-15(18)10-13)17-9-5-7-14(11-17)16(2)3/h4,6,8,10,12,14,18H,5,7,9,11H2,1-3H3. The highest BCUT2D eigenvalue weighted by Crippen LogP contribution is 2.27. The summed E-state index contributed by atoms with van der Waals surface area (Å²) in [6.07, 6.45) is 2.54. The summed E-state index contributed by atoms with van der Waals surface area (Å²) in [6, 6.07) is 8.66. The molecule has 2 rings (SSSR count). The number of benzene rings is 1. The second-order valence-corrected chi connectivity index (χ2v) is 5.53. The SMILES string of the molecule is CC(c1cccc(O)c1)N1CCCC(N(C)C)C1. The van der Waals surface area contributed by atoms with Gasteiger partial charge in [-0.1, -0.05) is 12.1 Å². The third-order valence-electron chi connectivity index (χ3n) is 4.06. The van der Waals surface area contributed by atoms with Gasteiger partial charge in [-0.25, -0.2) is 0 Å². The predicted molar refractivity (Wildman–Crippen MR) is 74.8 cm³/mol. The summed E-state index contributed by atoms with van der Waals surface area (Å²) in [5, 5.41) is 9.57. The molecule has 18 heavy (non-hydrogen) atoms. The van der Waals surface area contributed by atoms with Crippen molar-refractivity contribution in [3.8, 4) is 5.75 Å². The maximum absolute atomic E-state index is 9.57. The zero-order valence-corrected chi connectivity index (χ0v) is 11.6. The molecule has 1 aromatic carbocycles. The Bertz CT molecular complexity index is 392. The van der Waals surface area contributed by atoms with Crippen LogP contribution >= 0.6 is 0 Å². The van der Waals surface area contributed by atoms with E-state index in [1.54, 1.807) is 6.07 Å². The number of hydrogen-bond acceptors (Lipinski definition) is 3. The molecule has 1 aromatic rings. The largest absolute Gasteiger partial charge is 0.508 e. The highest BCUT2D eigenvalue weighted by Gasteiger charge is 2.25. The molecule has 3 heteroatoms. The third kappa shape index (κ3) is 3.03. The molecule has 3 nitrogen and oxygen atoms in total. The van der Waals surface area contributed by atoms with Crippen LogP contribution in [-0.4, -0.2) is 48.1 Å². The lowest BCUT2D eigenvalue weighted by molar-refractivity contribution is 0.102. The zero-order valence-electron chi connectivity index (χ0n) is 11.6. The number of rotatable bonds is 3. The first kappa shape index (κ1) is 13.4. The molecule has 0 saturated carbocycles. The smallest absolute Gasteiger partial charge is 0.115 e. The van der Waals surface area contributed by atoms with Crippen molar-refractivity contribution in [2.24, 2.45) is 0 Å².